The Labute approximate surface area is 309 Å². The third-order valence-corrected chi connectivity index (χ3v) is 16.8. The molecule has 11 heteroatoms. The van der Waals surface area contributed by atoms with Crippen LogP contribution in [0.25, 0.3) is 0 Å². The lowest BCUT2D eigenvalue weighted by molar-refractivity contribution is -0.0630. The molecule has 5 rings (SSSR count). The zero-order chi connectivity index (χ0) is 36.7. The van der Waals surface area contributed by atoms with Gasteiger partial charge in [-0.25, -0.2) is 4.79 Å². The molecule has 0 bridgehead atoms. The highest BCUT2D eigenvalue weighted by atomic mass is 35.5. The van der Waals surface area contributed by atoms with Gasteiger partial charge in [0.15, 0.2) is 0 Å². The second-order valence-electron chi connectivity index (χ2n) is 14.6. The van der Waals surface area contributed by atoms with Crippen LogP contribution in [0.2, 0.25) is 21.6 Å². The van der Waals surface area contributed by atoms with Crippen LogP contribution in [0.3, 0.4) is 0 Å². The summed E-state index contributed by atoms with van der Waals surface area (Å²) in [7, 11) is -0.692. The Hall–Kier alpha value is -3.28. The fourth-order valence-corrected chi connectivity index (χ4v) is 13.9. The molecule has 3 atom stereocenters. The van der Waals surface area contributed by atoms with Crippen molar-refractivity contribution in [2.75, 3.05) is 51.4 Å². The standard InChI is InChI=1S/C40H55ClN2O7Si/c1-27(2)51(28(3)4,29(5)6)50-38-25-43(40(44)45)24-37(39(38)31-13-15-33(16-14-31)49-34-11-8-10-32(41)23-34)48-26-30-12-17-36-35(22-30)42(19-21-47-36)18-9-20-46-7/h8,10-17,22-23,27-29,37-39H,9,18-21,24-26H2,1-7H3,(H,44,45). The molecule has 2 aliphatic heterocycles. The largest absolute Gasteiger partial charge is 0.490 e. The van der Waals surface area contributed by atoms with Crippen molar-refractivity contribution >= 4 is 31.7 Å². The van der Waals surface area contributed by atoms with E-state index >= 15 is 0 Å². The van der Waals surface area contributed by atoms with E-state index < -0.39 is 26.6 Å². The van der Waals surface area contributed by atoms with Crippen LogP contribution in [0.5, 0.6) is 17.2 Å². The number of piperidine rings is 1. The summed E-state index contributed by atoms with van der Waals surface area (Å²) in [5, 5.41) is 11.0. The Kier molecular flexibility index (Phi) is 13.4. The minimum Gasteiger partial charge on any atom is -0.490 e. The van der Waals surface area contributed by atoms with Crippen LogP contribution in [0.15, 0.2) is 66.7 Å². The molecule has 0 radical (unpaired) electrons. The average molecular weight is 739 g/mol. The summed E-state index contributed by atoms with van der Waals surface area (Å²) in [6, 6.07) is 21.5. The van der Waals surface area contributed by atoms with Gasteiger partial charge in [0, 0.05) is 37.7 Å². The Morgan fingerprint density at radius 2 is 1.65 bits per heavy atom. The number of anilines is 1. The summed E-state index contributed by atoms with van der Waals surface area (Å²) in [4.78, 5) is 16.5. The van der Waals surface area contributed by atoms with Crippen LogP contribution >= 0.6 is 11.6 Å². The lowest BCUT2D eigenvalue weighted by Gasteiger charge is -2.50. The van der Waals surface area contributed by atoms with E-state index in [4.69, 9.17) is 35.0 Å². The molecule has 51 heavy (non-hydrogen) atoms. The minimum atomic E-state index is -2.42. The second-order valence-corrected chi connectivity index (χ2v) is 20.5. The number of likely N-dealkylation sites (tertiary alicyclic amines) is 1. The number of hydrogen-bond donors (Lipinski definition) is 1. The van der Waals surface area contributed by atoms with Gasteiger partial charge in [-0.2, -0.15) is 0 Å². The SMILES string of the molecule is COCCCN1CCOc2ccc(COC3CN(C(=O)O)CC(O[Si](C(C)C)(C(C)C)C(C)C)C3c3ccc(Oc4cccc(Cl)c4)cc3)cc21. The number of halogens is 1. The van der Waals surface area contributed by atoms with E-state index in [1.807, 2.05) is 42.5 Å². The van der Waals surface area contributed by atoms with Crippen molar-refractivity contribution in [3.05, 3.63) is 82.9 Å². The Balaban J connectivity index is 1.48. The number of amides is 1. The van der Waals surface area contributed by atoms with Crippen molar-refractivity contribution < 1.29 is 33.3 Å². The summed E-state index contributed by atoms with van der Waals surface area (Å²) in [6.07, 6.45) is -0.900. The molecule has 0 aliphatic carbocycles. The van der Waals surface area contributed by atoms with Crippen LogP contribution in [0.4, 0.5) is 10.5 Å². The van der Waals surface area contributed by atoms with Crippen LogP contribution < -0.4 is 14.4 Å². The Bertz CT molecular complexity index is 1570. The number of rotatable bonds is 15. The van der Waals surface area contributed by atoms with Gasteiger partial charge < -0.3 is 38.3 Å². The number of carbonyl (C=O) groups is 1. The number of methoxy groups -OCH3 is 1. The van der Waals surface area contributed by atoms with Gasteiger partial charge >= 0.3 is 6.09 Å². The quantitative estimate of drug-likeness (QED) is 0.122. The molecule has 0 spiro atoms. The monoisotopic (exact) mass is 738 g/mol. The topological polar surface area (TPSA) is 89.9 Å². The summed E-state index contributed by atoms with van der Waals surface area (Å²) in [6.45, 7) is 17.4. The molecule has 1 amide bonds. The minimum absolute atomic E-state index is 0.213. The van der Waals surface area contributed by atoms with Crippen molar-refractivity contribution in [3.8, 4) is 17.2 Å². The Morgan fingerprint density at radius 3 is 2.29 bits per heavy atom. The normalized spacial score (nSPS) is 19.4. The van der Waals surface area contributed by atoms with Crippen molar-refractivity contribution in [1.29, 1.82) is 0 Å². The van der Waals surface area contributed by atoms with E-state index in [2.05, 4.69) is 64.6 Å². The summed E-state index contributed by atoms with van der Waals surface area (Å²) < 4.78 is 31.7. The van der Waals surface area contributed by atoms with Crippen molar-refractivity contribution in [1.82, 2.24) is 4.90 Å². The molecule has 3 unspecified atom stereocenters. The van der Waals surface area contributed by atoms with Gasteiger partial charge in [-0.05, 0) is 76.6 Å². The smallest absolute Gasteiger partial charge is 0.407 e. The second kappa shape index (κ2) is 17.5. The number of hydrogen-bond acceptors (Lipinski definition) is 7. The van der Waals surface area contributed by atoms with Gasteiger partial charge in [0.1, 0.15) is 23.9 Å². The zero-order valence-electron chi connectivity index (χ0n) is 31.1. The number of benzene rings is 3. The fraction of sp³-hybridized carbons (Fsp3) is 0.525. The first-order chi connectivity index (χ1) is 24.4. The molecule has 278 valence electrons. The molecular weight excluding hydrogens is 684 g/mol. The summed E-state index contributed by atoms with van der Waals surface area (Å²) in [5.74, 6) is 1.98. The lowest BCUT2D eigenvalue weighted by Crippen LogP contribution is -2.59. The maximum atomic E-state index is 12.6. The molecule has 1 saturated heterocycles. The van der Waals surface area contributed by atoms with Gasteiger partial charge in [-0.15, -0.1) is 0 Å². The highest BCUT2D eigenvalue weighted by molar-refractivity contribution is 6.77. The molecule has 0 aromatic heterocycles. The van der Waals surface area contributed by atoms with E-state index in [1.54, 1.807) is 13.2 Å². The van der Waals surface area contributed by atoms with Crippen molar-refractivity contribution in [2.24, 2.45) is 0 Å². The number of ether oxygens (including phenoxy) is 4. The zero-order valence-corrected chi connectivity index (χ0v) is 32.9. The number of fused-ring (bicyclic) bond motifs is 1. The van der Waals surface area contributed by atoms with E-state index in [-0.39, 0.29) is 19.0 Å². The van der Waals surface area contributed by atoms with Gasteiger partial charge in [-0.1, -0.05) is 77.4 Å². The van der Waals surface area contributed by atoms with E-state index in [0.29, 0.717) is 53.0 Å². The third-order valence-electron chi connectivity index (χ3n) is 10.5. The van der Waals surface area contributed by atoms with Gasteiger partial charge in [-0.3, -0.25) is 0 Å². The molecule has 3 aromatic rings. The van der Waals surface area contributed by atoms with Crippen LogP contribution in [0.1, 0.15) is 65.0 Å². The van der Waals surface area contributed by atoms with Crippen LogP contribution in [-0.4, -0.2) is 83.1 Å². The molecule has 2 aliphatic rings. The molecule has 2 heterocycles. The van der Waals surface area contributed by atoms with Gasteiger partial charge in [0.2, 0.25) is 8.32 Å². The van der Waals surface area contributed by atoms with Gasteiger partial charge in [0.25, 0.3) is 0 Å². The predicted molar refractivity (Wildman–Crippen MR) is 205 cm³/mol. The molecule has 3 aromatic carbocycles. The van der Waals surface area contributed by atoms with Crippen LogP contribution in [0, 0.1) is 0 Å². The van der Waals surface area contributed by atoms with E-state index in [9.17, 15) is 9.90 Å². The first-order valence-corrected chi connectivity index (χ1v) is 20.7. The number of nitrogens with zero attached hydrogens (tertiary/aromatic N) is 2. The summed E-state index contributed by atoms with van der Waals surface area (Å²) >= 11 is 6.20. The molecule has 1 fully saturated rings. The highest BCUT2D eigenvalue weighted by Gasteiger charge is 2.51. The maximum absolute atomic E-state index is 12.6. The average Bonchev–Trinajstić information content (AvgIpc) is 3.09. The first kappa shape index (κ1) is 38.9. The van der Waals surface area contributed by atoms with Crippen LogP contribution in [-0.2, 0) is 20.5 Å². The third kappa shape index (κ3) is 9.21. The highest BCUT2D eigenvalue weighted by Crippen LogP contribution is 2.46. The Morgan fingerprint density at radius 1 is 0.941 bits per heavy atom. The summed E-state index contributed by atoms with van der Waals surface area (Å²) in [5.41, 5.74) is 4.06. The van der Waals surface area contributed by atoms with Crippen molar-refractivity contribution in [2.45, 2.75) is 89.3 Å². The van der Waals surface area contributed by atoms with E-state index in [1.165, 1.54) is 4.90 Å². The molecule has 1 N–H and O–H groups in total. The van der Waals surface area contributed by atoms with E-state index in [0.717, 1.165) is 42.1 Å². The first-order valence-electron chi connectivity index (χ1n) is 18.2. The fourth-order valence-electron chi connectivity index (χ4n) is 8.17. The molecule has 9 nitrogen and oxygen atoms in total. The molecule has 0 saturated carbocycles. The maximum Gasteiger partial charge on any atom is 0.407 e. The molecular formula is C40H55ClN2O7Si. The lowest BCUT2D eigenvalue weighted by atomic mass is 9.84. The predicted octanol–water partition coefficient (Wildman–Crippen LogP) is 9.59. The van der Waals surface area contributed by atoms with Gasteiger partial charge in [0.05, 0.1) is 37.6 Å². The van der Waals surface area contributed by atoms with Crippen molar-refractivity contribution in [3.63, 3.8) is 0 Å². The number of carboxylic acid groups (broad SMARTS) is 1.